The second-order valence-corrected chi connectivity index (χ2v) is 6.41. The second-order valence-electron chi connectivity index (χ2n) is 6.41. The van der Waals surface area contributed by atoms with Gasteiger partial charge in [0.25, 0.3) is 5.91 Å². The van der Waals surface area contributed by atoms with Gasteiger partial charge < -0.3 is 20.1 Å². The lowest BCUT2D eigenvalue weighted by atomic mass is 9.95. The number of methoxy groups -OCH3 is 2. The van der Waals surface area contributed by atoms with E-state index in [1.807, 2.05) is 6.92 Å². The van der Waals surface area contributed by atoms with Crippen molar-refractivity contribution in [3.8, 4) is 11.5 Å². The van der Waals surface area contributed by atoms with E-state index in [1.165, 1.54) is 14.2 Å². The highest BCUT2D eigenvalue weighted by molar-refractivity contribution is 6.09. The average Bonchev–Trinajstić information content (AvgIpc) is 2.83. The van der Waals surface area contributed by atoms with Gasteiger partial charge in [0.05, 0.1) is 14.2 Å². The van der Waals surface area contributed by atoms with Crippen molar-refractivity contribution in [3.63, 3.8) is 0 Å². The summed E-state index contributed by atoms with van der Waals surface area (Å²) < 4.78 is 10.3. The van der Waals surface area contributed by atoms with Crippen LogP contribution in [-0.4, -0.2) is 49.0 Å². The first-order chi connectivity index (χ1) is 12.3. The Morgan fingerprint density at radius 1 is 1.19 bits per heavy atom. The number of imide groups is 1. The van der Waals surface area contributed by atoms with Crippen LogP contribution < -0.4 is 20.1 Å². The summed E-state index contributed by atoms with van der Waals surface area (Å²) in [5.74, 6) is 0.168. The van der Waals surface area contributed by atoms with Gasteiger partial charge in [-0.2, -0.15) is 0 Å². The van der Waals surface area contributed by atoms with Crippen LogP contribution in [-0.2, 0) is 9.59 Å². The van der Waals surface area contributed by atoms with Gasteiger partial charge in [-0.25, -0.2) is 4.79 Å². The van der Waals surface area contributed by atoms with E-state index in [1.54, 1.807) is 25.1 Å². The molecule has 0 spiro atoms. The Hall–Kier alpha value is -2.77. The number of rotatable bonds is 8. The molecule has 0 unspecified atom stereocenters. The van der Waals surface area contributed by atoms with Gasteiger partial charge in [-0.1, -0.05) is 19.8 Å². The highest BCUT2D eigenvalue weighted by atomic mass is 16.5. The minimum absolute atomic E-state index is 0.355. The maximum absolute atomic E-state index is 12.6. The first-order valence-electron chi connectivity index (χ1n) is 8.50. The molecule has 1 aliphatic heterocycles. The molecule has 2 N–H and O–H groups in total. The summed E-state index contributed by atoms with van der Waals surface area (Å²) >= 11 is 0. The minimum atomic E-state index is -0.952. The quantitative estimate of drug-likeness (QED) is 0.690. The topological polar surface area (TPSA) is 97.0 Å². The molecular weight excluding hydrogens is 338 g/mol. The number of unbranched alkanes of at least 4 members (excludes halogenated alkanes) is 1. The number of hydrogen-bond donors (Lipinski definition) is 2. The molecule has 26 heavy (non-hydrogen) atoms. The van der Waals surface area contributed by atoms with Crippen LogP contribution in [0.15, 0.2) is 18.2 Å². The third-order valence-corrected chi connectivity index (χ3v) is 4.31. The van der Waals surface area contributed by atoms with Crippen LogP contribution in [0.1, 0.15) is 33.1 Å². The normalized spacial score (nSPS) is 19.3. The Labute approximate surface area is 152 Å². The van der Waals surface area contributed by atoms with Gasteiger partial charge in [-0.15, -0.1) is 0 Å². The van der Waals surface area contributed by atoms with E-state index in [-0.39, 0.29) is 12.5 Å². The van der Waals surface area contributed by atoms with E-state index in [2.05, 4.69) is 10.6 Å². The van der Waals surface area contributed by atoms with E-state index in [0.29, 0.717) is 23.6 Å². The molecule has 0 aliphatic carbocycles. The van der Waals surface area contributed by atoms with Crippen LogP contribution in [0.25, 0.3) is 0 Å². The van der Waals surface area contributed by atoms with Gasteiger partial charge in [0.2, 0.25) is 5.91 Å². The molecule has 1 saturated heterocycles. The fourth-order valence-electron chi connectivity index (χ4n) is 2.81. The first-order valence-corrected chi connectivity index (χ1v) is 8.50. The predicted octanol–water partition coefficient (Wildman–Crippen LogP) is 2.14. The van der Waals surface area contributed by atoms with Crippen molar-refractivity contribution in [1.29, 1.82) is 0 Å². The van der Waals surface area contributed by atoms with Gasteiger partial charge in [-0.3, -0.25) is 14.5 Å². The van der Waals surface area contributed by atoms with Crippen LogP contribution in [0.2, 0.25) is 0 Å². The number of amides is 4. The minimum Gasteiger partial charge on any atom is -0.497 e. The summed E-state index contributed by atoms with van der Waals surface area (Å²) in [5.41, 5.74) is -0.501. The number of nitrogens with zero attached hydrogens (tertiary/aromatic N) is 1. The summed E-state index contributed by atoms with van der Waals surface area (Å²) in [4.78, 5) is 37.9. The van der Waals surface area contributed by atoms with E-state index in [0.717, 1.165) is 17.7 Å². The van der Waals surface area contributed by atoms with Gasteiger partial charge in [0.1, 0.15) is 23.6 Å². The van der Waals surface area contributed by atoms with Gasteiger partial charge in [0, 0.05) is 23.9 Å². The average molecular weight is 363 g/mol. The number of ether oxygens (including phenoxy) is 2. The standard InChI is InChI=1S/C18H25N3O5/c1-5-6-7-18(2)16(23)21(17(24)20-18)11-15(22)19-12-8-13(25-3)10-14(9-12)26-4/h8-10H,5-7,11H2,1-4H3,(H,19,22)(H,20,24)/t18-/m1/s1. The van der Waals surface area contributed by atoms with E-state index < -0.39 is 17.5 Å². The molecule has 142 valence electrons. The fourth-order valence-corrected chi connectivity index (χ4v) is 2.81. The third-order valence-electron chi connectivity index (χ3n) is 4.31. The Balaban J connectivity index is 2.06. The monoisotopic (exact) mass is 363 g/mol. The lowest BCUT2D eigenvalue weighted by molar-refractivity contribution is -0.133. The van der Waals surface area contributed by atoms with Crippen molar-refractivity contribution < 1.29 is 23.9 Å². The Kier molecular flexibility index (Phi) is 6.07. The first kappa shape index (κ1) is 19.6. The van der Waals surface area contributed by atoms with E-state index >= 15 is 0 Å². The Bertz CT molecular complexity index is 684. The number of carbonyl (C=O) groups is 3. The molecule has 8 heteroatoms. The van der Waals surface area contributed by atoms with Crippen molar-refractivity contribution in [2.45, 2.75) is 38.6 Å². The molecule has 2 rings (SSSR count). The SMILES string of the molecule is CCCC[C@@]1(C)NC(=O)N(CC(=O)Nc2cc(OC)cc(OC)c2)C1=O. The van der Waals surface area contributed by atoms with Crippen molar-refractivity contribution in [3.05, 3.63) is 18.2 Å². The van der Waals surface area contributed by atoms with Crippen LogP contribution in [0.3, 0.4) is 0 Å². The number of carbonyl (C=O) groups excluding carboxylic acids is 3. The number of urea groups is 1. The number of nitrogens with one attached hydrogen (secondary N) is 2. The van der Waals surface area contributed by atoms with Crippen LogP contribution in [0.4, 0.5) is 10.5 Å². The number of hydrogen-bond acceptors (Lipinski definition) is 5. The highest BCUT2D eigenvalue weighted by Crippen LogP contribution is 2.26. The zero-order chi connectivity index (χ0) is 19.3. The molecule has 1 aromatic rings. The second kappa shape index (κ2) is 8.07. The maximum atomic E-state index is 12.6. The fraction of sp³-hybridized carbons (Fsp3) is 0.500. The summed E-state index contributed by atoms with van der Waals surface area (Å²) in [5, 5.41) is 5.35. The van der Waals surface area contributed by atoms with Crippen molar-refractivity contribution >= 4 is 23.5 Å². The summed E-state index contributed by atoms with van der Waals surface area (Å²) in [6.07, 6.45) is 2.27. The molecule has 1 aromatic carbocycles. The lowest BCUT2D eigenvalue weighted by Crippen LogP contribution is -2.44. The molecule has 1 atom stereocenters. The van der Waals surface area contributed by atoms with Crippen LogP contribution in [0.5, 0.6) is 11.5 Å². The molecule has 1 aliphatic rings. The van der Waals surface area contributed by atoms with Crippen molar-refractivity contribution in [2.24, 2.45) is 0 Å². The predicted molar refractivity (Wildman–Crippen MR) is 96.4 cm³/mol. The maximum Gasteiger partial charge on any atom is 0.325 e. The van der Waals surface area contributed by atoms with Gasteiger partial charge in [-0.05, 0) is 13.3 Å². The molecule has 8 nitrogen and oxygen atoms in total. The molecule has 1 fully saturated rings. The summed E-state index contributed by atoms with van der Waals surface area (Å²) in [7, 11) is 3.01. The lowest BCUT2D eigenvalue weighted by Gasteiger charge is -2.21. The van der Waals surface area contributed by atoms with Gasteiger partial charge in [0.15, 0.2) is 0 Å². The summed E-state index contributed by atoms with van der Waals surface area (Å²) in [6.45, 7) is 3.35. The number of anilines is 1. The van der Waals surface area contributed by atoms with Gasteiger partial charge >= 0.3 is 6.03 Å². The van der Waals surface area contributed by atoms with Crippen molar-refractivity contribution in [1.82, 2.24) is 10.2 Å². The highest BCUT2D eigenvalue weighted by Gasteiger charge is 2.47. The van der Waals surface area contributed by atoms with Crippen LogP contribution in [0, 0.1) is 0 Å². The zero-order valence-corrected chi connectivity index (χ0v) is 15.5. The Morgan fingerprint density at radius 3 is 2.35 bits per heavy atom. The Morgan fingerprint density at radius 2 is 1.81 bits per heavy atom. The molecule has 4 amide bonds. The smallest absolute Gasteiger partial charge is 0.325 e. The molecule has 0 radical (unpaired) electrons. The van der Waals surface area contributed by atoms with E-state index in [9.17, 15) is 14.4 Å². The van der Waals surface area contributed by atoms with E-state index in [4.69, 9.17) is 9.47 Å². The largest absolute Gasteiger partial charge is 0.497 e. The molecular formula is C18H25N3O5. The number of benzene rings is 1. The molecule has 1 heterocycles. The molecule has 0 aromatic heterocycles. The summed E-state index contributed by atoms with van der Waals surface area (Å²) in [6, 6.07) is 4.37. The van der Waals surface area contributed by atoms with Crippen molar-refractivity contribution in [2.75, 3.05) is 26.1 Å². The third kappa shape index (κ3) is 4.25. The molecule has 0 bridgehead atoms. The zero-order valence-electron chi connectivity index (χ0n) is 15.5. The molecule has 0 saturated carbocycles. The van der Waals surface area contributed by atoms with Crippen LogP contribution >= 0.6 is 0 Å².